The first-order chi connectivity index (χ1) is 9.38. The Morgan fingerprint density at radius 1 is 1.20 bits per heavy atom. The van der Waals surface area contributed by atoms with E-state index in [1.165, 1.54) is 0 Å². The Bertz CT molecular complexity index is 483. The van der Waals surface area contributed by atoms with Gasteiger partial charge in [0.15, 0.2) is 13.2 Å². The first kappa shape index (κ1) is 16.0. The largest absolute Gasteiger partial charge is 0.482 e. The molecule has 1 aromatic rings. The summed E-state index contributed by atoms with van der Waals surface area (Å²) >= 11 is 0. The molecule has 1 amide bonds. The van der Waals surface area contributed by atoms with Crippen molar-refractivity contribution < 1.29 is 19.1 Å². The van der Waals surface area contributed by atoms with Gasteiger partial charge in [-0.3, -0.25) is 4.79 Å². The second kappa shape index (κ2) is 7.53. The molecular formula is C15H21NO4. The highest BCUT2D eigenvalue weighted by atomic mass is 16.6. The molecule has 0 unspecified atom stereocenters. The number of aryl methyl sites for hydroxylation is 2. The lowest BCUT2D eigenvalue weighted by Crippen LogP contribution is -2.34. The van der Waals surface area contributed by atoms with Gasteiger partial charge in [0.05, 0.1) is 0 Å². The number of esters is 1. The summed E-state index contributed by atoms with van der Waals surface area (Å²) < 4.78 is 10.2. The predicted molar refractivity (Wildman–Crippen MR) is 75.6 cm³/mol. The van der Waals surface area contributed by atoms with E-state index >= 15 is 0 Å². The number of carbonyl (C=O) groups is 2. The molecule has 5 heteroatoms. The summed E-state index contributed by atoms with van der Waals surface area (Å²) in [6.45, 7) is 7.02. The third kappa shape index (κ3) is 5.73. The Morgan fingerprint density at radius 3 is 2.55 bits per heavy atom. The van der Waals surface area contributed by atoms with Gasteiger partial charge >= 0.3 is 5.97 Å². The molecule has 110 valence electrons. The standard InChI is InChI=1S/C15H21NO4/c1-10(2)16-14(17)8-20-15(18)9-19-13-7-11(3)5-6-12(13)4/h5-7,10H,8-9H2,1-4H3,(H,16,17). The van der Waals surface area contributed by atoms with E-state index in [2.05, 4.69) is 5.32 Å². The van der Waals surface area contributed by atoms with Crippen molar-refractivity contribution in [3.8, 4) is 5.75 Å². The van der Waals surface area contributed by atoms with Crippen molar-refractivity contribution in [1.29, 1.82) is 0 Å². The zero-order chi connectivity index (χ0) is 15.1. The van der Waals surface area contributed by atoms with Gasteiger partial charge in [0.25, 0.3) is 5.91 Å². The molecule has 0 aromatic heterocycles. The van der Waals surface area contributed by atoms with Gasteiger partial charge in [-0.1, -0.05) is 12.1 Å². The fourth-order valence-electron chi connectivity index (χ4n) is 1.55. The van der Waals surface area contributed by atoms with Crippen LogP contribution in [0.5, 0.6) is 5.75 Å². The van der Waals surface area contributed by atoms with Crippen LogP contribution in [-0.4, -0.2) is 31.1 Å². The number of hydrogen-bond acceptors (Lipinski definition) is 4. The van der Waals surface area contributed by atoms with Crippen LogP contribution in [0.15, 0.2) is 18.2 Å². The normalized spacial score (nSPS) is 10.2. The summed E-state index contributed by atoms with van der Waals surface area (Å²) in [6.07, 6.45) is 0. The van der Waals surface area contributed by atoms with Crippen molar-refractivity contribution in [1.82, 2.24) is 5.32 Å². The molecule has 0 aliphatic carbocycles. The summed E-state index contributed by atoms with van der Waals surface area (Å²) in [7, 11) is 0. The van der Waals surface area contributed by atoms with Crippen LogP contribution in [0.4, 0.5) is 0 Å². The molecule has 20 heavy (non-hydrogen) atoms. The third-order valence-corrected chi connectivity index (χ3v) is 2.50. The molecule has 1 rings (SSSR count). The molecule has 0 radical (unpaired) electrons. The summed E-state index contributed by atoms with van der Waals surface area (Å²) in [5.74, 6) is -0.238. The van der Waals surface area contributed by atoms with Gasteiger partial charge in [-0.2, -0.15) is 0 Å². The molecule has 1 N–H and O–H groups in total. The molecule has 0 heterocycles. The van der Waals surface area contributed by atoms with E-state index in [-0.39, 0.29) is 25.2 Å². The van der Waals surface area contributed by atoms with E-state index in [9.17, 15) is 9.59 Å². The molecule has 0 atom stereocenters. The number of nitrogens with one attached hydrogen (secondary N) is 1. The van der Waals surface area contributed by atoms with E-state index in [1.807, 2.05) is 45.9 Å². The smallest absolute Gasteiger partial charge is 0.344 e. The van der Waals surface area contributed by atoms with Crippen molar-refractivity contribution in [2.45, 2.75) is 33.7 Å². The molecule has 1 aromatic carbocycles. The van der Waals surface area contributed by atoms with E-state index in [4.69, 9.17) is 9.47 Å². The van der Waals surface area contributed by atoms with Crippen LogP contribution < -0.4 is 10.1 Å². The number of hydrogen-bond donors (Lipinski definition) is 1. The maximum absolute atomic E-state index is 11.5. The van der Waals surface area contributed by atoms with Gasteiger partial charge in [0.1, 0.15) is 5.75 Å². The summed E-state index contributed by atoms with van der Waals surface area (Å²) in [5.41, 5.74) is 2.00. The molecular weight excluding hydrogens is 258 g/mol. The van der Waals surface area contributed by atoms with Crippen LogP contribution in [0.2, 0.25) is 0 Å². The summed E-state index contributed by atoms with van der Waals surface area (Å²) in [5, 5.41) is 2.63. The van der Waals surface area contributed by atoms with Crippen LogP contribution >= 0.6 is 0 Å². The molecule has 0 saturated heterocycles. The predicted octanol–water partition coefficient (Wildman–Crippen LogP) is 1.75. The van der Waals surface area contributed by atoms with Crippen molar-refractivity contribution in [2.75, 3.05) is 13.2 Å². The summed E-state index contributed by atoms with van der Waals surface area (Å²) in [6, 6.07) is 5.77. The lowest BCUT2D eigenvalue weighted by molar-refractivity contribution is -0.150. The van der Waals surface area contributed by atoms with Gasteiger partial charge < -0.3 is 14.8 Å². The minimum Gasteiger partial charge on any atom is -0.482 e. The Labute approximate surface area is 119 Å². The maximum atomic E-state index is 11.5. The Morgan fingerprint density at radius 2 is 1.90 bits per heavy atom. The maximum Gasteiger partial charge on any atom is 0.344 e. The number of rotatable bonds is 6. The van der Waals surface area contributed by atoms with Crippen LogP contribution in [0.25, 0.3) is 0 Å². The van der Waals surface area contributed by atoms with Gasteiger partial charge in [-0.25, -0.2) is 4.79 Å². The molecule has 5 nitrogen and oxygen atoms in total. The Kier molecular flexibility index (Phi) is 6.03. The second-order valence-corrected chi connectivity index (χ2v) is 4.94. The van der Waals surface area contributed by atoms with E-state index < -0.39 is 5.97 Å². The summed E-state index contributed by atoms with van der Waals surface area (Å²) in [4.78, 5) is 22.8. The Hall–Kier alpha value is -2.04. The lowest BCUT2D eigenvalue weighted by atomic mass is 10.1. The first-order valence-electron chi connectivity index (χ1n) is 6.53. The number of ether oxygens (including phenoxy) is 2. The number of carbonyl (C=O) groups excluding carboxylic acids is 2. The fourth-order valence-corrected chi connectivity index (χ4v) is 1.55. The van der Waals surface area contributed by atoms with E-state index in [0.717, 1.165) is 11.1 Å². The number of amides is 1. The van der Waals surface area contributed by atoms with Gasteiger partial charge in [0, 0.05) is 6.04 Å². The van der Waals surface area contributed by atoms with Gasteiger partial charge in [-0.05, 0) is 44.9 Å². The SMILES string of the molecule is Cc1ccc(C)c(OCC(=O)OCC(=O)NC(C)C)c1. The van der Waals surface area contributed by atoms with Crippen LogP contribution in [0, 0.1) is 13.8 Å². The highest BCUT2D eigenvalue weighted by molar-refractivity contribution is 5.81. The highest BCUT2D eigenvalue weighted by Crippen LogP contribution is 2.18. The molecule has 0 aliphatic rings. The quantitative estimate of drug-likeness (QED) is 0.806. The van der Waals surface area contributed by atoms with Gasteiger partial charge in [-0.15, -0.1) is 0 Å². The van der Waals surface area contributed by atoms with Gasteiger partial charge in [0.2, 0.25) is 0 Å². The lowest BCUT2D eigenvalue weighted by Gasteiger charge is -2.11. The Balaban J connectivity index is 2.36. The highest BCUT2D eigenvalue weighted by Gasteiger charge is 2.10. The molecule has 0 aliphatic heterocycles. The van der Waals surface area contributed by atoms with E-state index in [0.29, 0.717) is 5.75 Å². The molecule has 0 bridgehead atoms. The third-order valence-electron chi connectivity index (χ3n) is 2.50. The van der Waals surface area contributed by atoms with Crippen molar-refractivity contribution in [2.24, 2.45) is 0 Å². The van der Waals surface area contributed by atoms with Crippen LogP contribution in [0.1, 0.15) is 25.0 Å². The number of benzene rings is 1. The second-order valence-electron chi connectivity index (χ2n) is 4.94. The van der Waals surface area contributed by atoms with Crippen LogP contribution in [0.3, 0.4) is 0 Å². The fraction of sp³-hybridized carbons (Fsp3) is 0.467. The van der Waals surface area contributed by atoms with Crippen LogP contribution in [-0.2, 0) is 14.3 Å². The van der Waals surface area contributed by atoms with Crippen molar-refractivity contribution >= 4 is 11.9 Å². The first-order valence-corrected chi connectivity index (χ1v) is 6.53. The van der Waals surface area contributed by atoms with E-state index in [1.54, 1.807) is 0 Å². The minimum absolute atomic E-state index is 0.0207. The molecule has 0 saturated carbocycles. The minimum atomic E-state index is -0.565. The average molecular weight is 279 g/mol. The average Bonchev–Trinajstić information content (AvgIpc) is 2.36. The van der Waals surface area contributed by atoms with Crippen molar-refractivity contribution in [3.63, 3.8) is 0 Å². The van der Waals surface area contributed by atoms with Crippen molar-refractivity contribution in [3.05, 3.63) is 29.3 Å². The topological polar surface area (TPSA) is 64.6 Å². The zero-order valence-corrected chi connectivity index (χ0v) is 12.4. The zero-order valence-electron chi connectivity index (χ0n) is 12.4. The molecule has 0 spiro atoms. The monoisotopic (exact) mass is 279 g/mol. The molecule has 0 fully saturated rings.